The summed E-state index contributed by atoms with van der Waals surface area (Å²) in [6.45, 7) is 4.47. The van der Waals surface area contributed by atoms with E-state index in [9.17, 15) is 5.11 Å². The van der Waals surface area contributed by atoms with Crippen LogP contribution in [0.3, 0.4) is 0 Å². The quantitative estimate of drug-likeness (QED) is 0.535. The van der Waals surface area contributed by atoms with Crippen LogP contribution in [-0.2, 0) is 0 Å². The molecule has 2 aliphatic carbocycles. The molecule has 140 valence electrons. The van der Waals surface area contributed by atoms with Crippen molar-refractivity contribution in [2.45, 2.75) is 96.8 Å². The Bertz CT molecular complexity index is 519. The Morgan fingerprint density at radius 2 is 1.52 bits per heavy atom. The summed E-state index contributed by atoms with van der Waals surface area (Å²) in [7, 11) is 0. The summed E-state index contributed by atoms with van der Waals surface area (Å²) in [5, 5.41) is 9.64. The fraction of sp³-hybridized carbons (Fsp3) is 0.750. The zero-order valence-corrected chi connectivity index (χ0v) is 16.5. The molecule has 2 aliphatic rings. The van der Waals surface area contributed by atoms with Gasteiger partial charge in [0, 0.05) is 0 Å². The van der Waals surface area contributed by atoms with Gasteiger partial charge in [0.25, 0.3) is 0 Å². The zero-order chi connectivity index (χ0) is 17.6. The van der Waals surface area contributed by atoms with E-state index in [2.05, 4.69) is 19.9 Å². The largest absolute Gasteiger partial charge is 0.508 e. The highest BCUT2D eigenvalue weighted by atomic mass is 16.3. The maximum absolute atomic E-state index is 9.64. The number of aromatic hydroxyl groups is 1. The topological polar surface area (TPSA) is 20.2 Å². The Labute approximate surface area is 155 Å². The summed E-state index contributed by atoms with van der Waals surface area (Å²) in [6.07, 6.45) is 17.3. The molecule has 0 atom stereocenters. The fourth-order valence-electron chi connectivity index (χ4n) is 5.65. The lowest BCUT2D eigenvalue weighted by atomic mass is 9.67. The average molecular weight is 343 g/mol. The van der Waals surface area contributed by atoms with Gasteiger partial charge in [0.1, 0.15) is 5.75 Å². The van der Waals surface area contributed by atoms with E-state index in [4.69, 9.17) is 0 Å². The number of aryl methyl sites for hydroxylation is 1. The highest BCUT2D eigenvalue weighted by Crippen LogP contribution is 2.45. The third kappa shape index (κ3) is 5.02. The average Bonchev–Trinajstić information content (AvgIpc) is 2.63. The van der Waals surface area contributed by atoms with Gasteiger partial charge in [-0.3, -0.25) is 0 Å². The van der Waals surface area contributed by atoms with Crippen LogP contribution < -0.4 is 0 Å². The highest BCUT2D eigenvalue weighted by Gasteiger charge is 2.31. The number of phenols is 1. The summed E-state index contributed by atoms with van der Waals surface area (Å²) < 4.78 is 0. The van der Waals surface area contributed by atoms with Gasteiger partial charge in [-0.15, -0.1) is 0 Å². The van der Waals surface area contributed by atoms with Crippen molar-refractivity contribution >= 4 is 0 Å². The zero-order valence-electron chi connectivity index (χ0n) is 16.5. The molecule has 0 unspecified atom stereocenters. The van der Waals surface area contributed by atoms with Gasteiger partial charge in [-0.05, 0) is 92.4 Å². The molecule has 0 saturated heterocycles. The van der Waals surface area contributed by atoms with Crippen molar-refractivity contribution in [1.29, 1.82) is 0 Å². The van der Waals surface area contributed by atoms with Gasteiger partial charge in [0.2, 0.25) is 0 Å². The van der Waals surface area contributed by atoms with Crippen molar-refractivity contribution in [3.63, 3.8) is 0 Å². The predicted molar refractivity (Wildman–Crippen MR) is 107 cm³/mol. The summed E-state index contributed by atoms with van der Waals surface area (Å²) in [4.78, 5) is 0. The molecule has 0 amide bonds. The molecule has 25 heavy (non-hydrogen) atoms. The Balaban J connectivity index is 1.44. The number of benzene rings is 1. The Kier molecular flexibility index (Phi) is 6.84. The minimum atomic E-state index is 0.408. The molecule has 1 aromatic rings. The van der Waals surface area contributed by atoms with Crippen molar-refractivity contribution < 1.29 is 5.11 Å². The van der Waals surface area contributed by atoms with E-state index >= 15 is 0 Å². The first-order chi connectivity index (χ1) is 12.2. The van der Waals surface area contributed by atoms with E-state index in [1.165, 1.54) is 88.2 Å². The van der Waals surface area contributed by atoms with Gasteiger partial charge in [-0.25, -0.2) is 0 Å². The maximum atomic E-state index is 9.64. The molecule has 2 fully saturated rings. The van der Waals surface area contributed by atoms with Crippen LogP contribution in [-0.4, -0.2) is 5.11 Å². The van der Waals surface area contributed by atoms with Crippen molar-refractivity contribution in [2.75, 3.05) is 0 Å². The van der Waals surface area contributed by atoms with Gasteiger partial charge in [-0.2, -0.15) is 0 Å². The van der Waals surface area contributed by atoms with E-state index in [0.29, 0.717) is 5.75 Å². The van der Waals surface area contributed by atoms with Gasteiger partial charge in [0.05, 0.1) is 0 Å². The van der Waals surface area contributed by atoms with Crippen LogP contribution >= 0.6 is 0 Å². The van der Waals surface area contributed by atoms with Crippen molar-refractivity contribution in [3.8, 4) is 5.75 Å². The van der Waals surface area contributed by atoms with Crippen LogP contribution in [0.25, 0.3) is 0 Å². The Morgan fingerprint density at radius 3 is 2.12 bits per heavy atom. The molecule has 2 saturated carbocycles. The Hall–Kier alpha value is -0.980. The van der Waals surface area contributed by atoms with Gasteiger partial charge >= 0.3 is 0 Å². The minimum absolute atomic E-state index is 0.408. The van der Waals surface area contributed by atoms with Crippen molar-refractivity contribution in [3.05, 3.63) is 29.3 Å². The molecule has 0 spiro atoms. The van der Waals surface area contributed by atoms with Crippen LogP contribution in [0.1, 0.15) is 101 Å². The lowest BCUT2D eigenvalue weighted by Gasteiger charge is -2.38. The second-order valence-electron chi connectivity index (χ2n) is 8.93. The van der Waals surface area contributed by atoms with Crippen LogP contribution in [0.15, 0.2) is 18.2 Å². The molecule has 0 aromatic heterocycles. The standard InChI is InChI=1S/C24H38O/c1-3-4-5-6-19-7-9-20(10-8-19)21-11-13-22(14-12-21)24-16-15-23(25)17-18(24)2/h15-17,19-22,25H,3-14H2,1-2H3. The first kappa shape index (κ1) is 18.8. The Morgan fingerprint density at radius 1 is 0.880 bits per heavy atom. The second kappa shape index (κ2) is 9.10. The van der Waals surface area contributed by atoms with Crippen LogP contribution in [0.5, 0.6) is 5.75 Å². The first-order valence-electron chi connectivity index (χ1n) is 11.0. The maximum Gasteiger partial charge on any atom is 0.115 e. The normalized spacial score (nSPS) is 30.3. The van der Waals surface area contributed by atoms with E-state index < -0.39 is 0 Å². The smallest absolute Gasteiger partial charge is 0.115 e. The molecule has 1 N–H and O–H groups in total. The van der Waals surface area contributed by atoms with Gasteiger partial charge in [0.15, 0.2) is 0 Å². The van der Waals surface area contributed by atoms with Crippen LogP contribution in [0, 0.1) is 24.7 Å². The monoisotopic (exact) mass is 342 g/mol. The van der Waals surface area contributed by atoms with Crippen molar-refractivity contribution in [1.82, 2.24) is 0 Å². The van der Waals surface area contributed by atoms with Crippen LogP contribution in [0.2, 0.25) is 0 Å². The van der Waals surface area contributed by atoms with Crippen LogP contribution in [0.4, 0.5) is 0 Å². The fourth-order valence-corrected chi connectivity index (χ4v) is 5.65. The second-order valence-corrected chi connectivity index (χ2v) is 8.93. The number of rotatable bonds is 6. The third-order valence-electron chi connectivity index (χ3n) is 7.24. The number of hydrogen-bond donors (Lipinski definition) is 1. The van der Waals surface area contributed by atoms with Gasteiger partial charge in [-0.1, -0.05) is 51.5 Å². The molecule has 1 aromatic carbocycles. The summed E-state index contributed by atoms with van der Waals surface area (Å²) in [5.41, 5.74) is 2.76. The minimum Gasteiger partial charge on any atom is -0.508 e. The highest BCUT2D eigenvalue weighted by molar-refractivity contribution is 5.36. The number of hydrogen-bond acceptors (Lipinski definition) is 1. The van der Waals surface area contributed by atoms with Crippen molar-refractivity contribution in [2.24, 2.45) is 17.8 Å². The summed E-state index contributed by atoms with van der Waals surface area (Å²) in [6, 6.07) is 5.96. The van der Waals surface area contributed by atoms with E-state index in [1.54, 1.807) is 0 Å². The molecule has 0 radical (unpaired) electrons. The lowest BCUT2D eigenvalue weighted by molar-refractivity contribution is 0.155. The molecule has 3 rings (SSSR count). The predicted octanol–water partition coefficient (Wildman–Crippen LogP) is 7.36. The number of phenolic OH excluding ortho intramolecular Hbond substituents is 1. The van der Waals surface area contributed by atoms with E-state index in [0.717, 1.165) is 23.7 Å². The van der Waals surface area contributed by atoms with Gasteiger partial charge < -0.3 is 5.11 Å². The first-order valence-corrected chi connectivity index (χ1v) is 11.0. The molecule has 1 heteroatoms. The summed E-state index contributed by atoms with van der Waals surface area (Å²) in [5.74, 6) is 4.18. The molecule has 1 nitrogen and oxygen atoms in total. The molecular formula is C24H38O. The molecule has 0 bridgehead atoms. The molecule has 0 heterocycles. The third-order valence-corrected chi connectivity index (χ3v) is 7.24. The molecular weight excluding hydrogens is 304 g/mol. The molecule has 0 aliphatic heterocycles. The summed E-state index contributed by atoms with van der Waals surface area (Å²) >= 11 is 0. The lowest BCUT2D eigenvalue weighted by Crippen LogP contribution is -2.25. The number of unbranched alkanes of at least 4 members (excludes halogenated alkanes) is 2. The van der Waals surface area contributed by atoms with E-state index in [-0.39, 0.29) is 0 Å². The van der Waals surface area contributed by atoms with E-state index in [1.807, 2.05) is 12.1 Å². The SMILES string of the molecule is CCCCCC1CCC(C2CCC(c3ccc(O)cc3C)CC2)CC1.